The summed E-state index contributed by atoms with van der Waals surface area (Å²) < 4.78 is 0. The predicted molar refractivity (Wildman–Crippen MR) is 86.2 cm³/mol. The van der Waals surface area contributed by atoms with E-state index in [9.17, 15) is 25.0 Å². The van der Waals surface area contributed by atoms with Gasteiger partial charge in [-0.15, -0.1) is 11.3 Å². The van der Waals surface area contributed by atoms with Crippen LogP contribution in [-0.4, -0.2) is 15.8 Å². The van der Waals surface area contributed by atoms with Gasteiger partial charge in [-0.25, -0.2) is 0 Å². The SMILES string of the molecule is Cc1sc(NC(=O)c2cc([N+](=O)[O-])cc([N+](=O)[O-])c2)c(C#N)c1C. The van der Waals surface area contributed by atoms with Crippen LogP contribution in [0.2, 0.25) is 0 Å². The molecular weight excluding hydrogens is 336 g/mol. The van der Waals surface area contributed by atoms with Gasteiger partial charge in [0, 0.05) is 17.0 Å². The van der Waals surface area contributed by atoms with Gasteiger partial charge in [0.05, 0.1) is 27.0 Å². The molecule has 0 aliphatic rings. The number of thiophene rings is 1. The Morgan fingerprint density at radius 3 is 2.17 bits per heavy atom. The van der Waals surface area contributed by atoms with Crippen molar-refractivity contribution in [1.82, 2.24) is 0 Å². The molecule has 0 aliphatic carbocycles. The quantitative estimate of drug-likeness (QED) is 0.665. The lowest BCUT2D eigenvalue weighted by Crippen LogP contribution is -2.12. The zero-order chi connectivity index (χ0) is 18.0. The van der Waals surface area contributed by atoms with Crippen LogP contribution in [0.25, 0.3) is 0 Å². The van der Waals surface area contributed by atoms with Gasteiger partial charge in [0.1, 0.15) is 11.1 Å². The summed E-state index contributed by atoms with van der Waals surface area (Å²) in [6, 6.07) is 4.65. The van der Waals surface area contributed by atoms with Crippen molar-refractivity contribution in [3.63, 3.8) is 0 Å². The number of nitro groups is 2. The normalized spacial score (nSPS) is 10.0. The first kappa shape index (κ1) is 17.0. The van der Waals surface area contributed by atoms with Crippen molar-refractivity contribution in [1.29, 1.82) is 5.26 Å². The van der Waals surface area contributed by atoms with Gasteiger partial charge in [0.2, 0.25) is 0 Å². The molecule has 0 radical (unpaired) electrons. The lowest BCUT2D eigenvalue weighted by atomic mass is 10.1. The maximum absolute atomic E-state index is 12.3. The van der Waals surface area contributed by atoms with E-state index < -0.39 is 27.1 Å². The van der Waals surface area contributed by atoms with Crippen molar-refractivity contribution in [3.8, 4) is 6.07 Å². The van der Waals surface area contributed by atoms with E-state index in [0.717, 1.165) is 28.6 Å². The summed E-state index contributed by atoms with van der Waals surface area (Å²) in [6.07, 6.45) is 0. The molecule has 0 spiro atoms. The predicted octanol–water partition coefficient (Wildman–Crippen LogP) is 3.31. The van der Waals surface area contributed by atoms with Crippen LogP contribution in [0.3, 0.4) is 0 Å². The van der Waals surface area contributed by atoms with E-state index in [2.05, 4.69) is 5.32 Å². The van der Waals surface area contributed by atoms with Gasteiger partial charge in [-0.3, -0.25) is 25.0 Å². The van der Waals surface area contributed by atoms with Crippen LogP contribution < -0.4 is 5.32 Å². The Kier molecular flexibility index (Phi) is 4.57. The number of amides is 1. The first-order chi connectivity index (χ1) is 11.2. The molecule has 9 nitrogen and oxygen atoms in total. The van der Waals surface area contributed by atoms with Crippen LogP contribution in [0.5, 0.6) is 0 Å². The largest absolute Gasteiger partial charge is 0.312 e. The number of carbonyl (C=O) groups is 1. The molecule has 0 unspecified atom stereocenters. The number of anilines is 1. The number of nitrogens with one attached hydrogen (secondary N) is 1. The van der Waals surface area contributed by atoms with Crippen LogP contribution in [0.15, 0.2) is 18.2 Å². The molecule has 0 saturated carbocycles. The van der Waals surface area contributed by atoms with Crippen molar-refractivity contribution in [2.75, 3.05) is 5.32 Å². The van der Waals surface area contributed by atoms with Crippen molar-refractivity contribution in [2.45, 2.75) is 13.8 Å². The zero-order valence-electron chi connectivity index (χ0n) is 12.5. The highest BCUT2D eigenvalue weighted by Gasteiger charge is 2.21. The van der Waals surface area contributed by atoms with Gasteiger partial charge in [-0.1, -0.05) is 0 Å². The lowest BCUT2D eigenvalue weighted by molar-refractivity contribution is -0.394. The monoisotopic (exact) mass is 346 g/mol. The molecule has 10 heteroatoms. The Morgan fingerprint density at radius 1 is 1.17 bits per heavy atom. The van der Waals surface area contributed by atoms with Gasteiger partial charge in [-0.2, -0.15) is 5.26 Å². The second-order valence-electron chi connectivity index (χ2n) is 4.81. The topological polar surface area (TPSA) is 139 Å². The summed E-state index contributed by atoms with van der Waals surface area (Å²) >= 11 is 1.19. The molecule has 1 amide bonds. The summed E-state index contributed by atoms with van der Waals surface area (Å²) in [5.74, 6) is -0.764. The summed E-state index contributed by atoms with van der Waals surface area (Å²) in [5.41, 5.74) is -0.334. The first-order valence-electron chi connectivity index (χ1n) is 6.50. The van der Waals surface area contributed by atoms with E-state index in [4.69, 9.17) is 5.26 Å². The third kappa shape index (κ3) is 3.21. The Bertz CT molecular complexity index is 880. The molecule has 1 N–H and O–H groups in total. The number of nitriles is 1. The number of aryl methyl sites for hydroxylation is 1. The van der Waals surface area contributed by atoms with Crippen molar-refractivity contribution in [3.05, 3.63) is 60.0 Å². The van der Waals surface area contributed by atoms with Crippen molar-refractivity contribution < 1.29 is 14.6 Å². The standard InChI is InChI=1S/C14H10N4O5S/c1-7-8(2)24-14(12(7)6-15)16-13(19)9-3-10(17(20)21)5-11(4-9)18(22)23/h3-5H,1-2H3,(H,16,19). The van der Waals surface area contributed by atoms with E-state index >= 15 is 0 Å². The number of carbonyl (C=O) groups excluding carboxylic acids is 1. The minimum atomic E-state index is -0.816. The summed E-state index contributed by atoms with van der Waals surface area (Å²) in [5, 5.41) is 33.7. The zero-order valence-corrected chi connectivity index (χ0v) is 13.3. The van der Waals surface area contributed by atoms with Crippen molar-refractivity contribution >= 4 is 33.6 Å². The molecule has 122 valence electrons. The van der Waals surface area contributed by atoms with Gasteiger partial charge in [0.15, 0.2) is 0 Å². The average molecular weight is 346 g/mol. The maximum atomic E-state index is 12.3. The fourth-order valence-corrected chi connectivity index (χ4v) is 2.97. The molecule has 24 heavy (non-hydrogen) atoms. The van der Waals surface area contributed by atoms with E-state index in [1.165, 1.54) is 11.3 Å². The second-order valence-corrected chi connectivity index (χ2v) is 6.03. The van der Waals surface area contributed by atoms with Crippen LogP contribution in [0, 0.1) is 45.4 Å². The minimum absolute atomic E-state index is 0.233. The molecule has 1 aromatic carbocycles. The lowest BCUT2D eigenvalue weighted by Gasteiger charge is -2.04. The van der Waals surface area contributed by atoms with Crippen LogP contribution in [-0.2, 0) is 0 Å². The Hall–Kier alpha value is -3.32. The summed E-state index contributed by atoms with van der Waals surface area (Å²) in [4.78, 5) is 33.2. The maximum Gasteiger partial charge on any atom is 0.277 e. The molecule has 0 bridgehead atoms. The van der Waals surface area contributed by atoms with E-state index in [0.29, 0.717) is 10.6 Å². The van der Waals surface area contributed by atoms with Gasteiger partial charge < -0.3 is 5.32 Å². The fraction of sp³-hybridized carbons (Fsp3) is 0.143. The molecular formula is C14H10N4O5S. The van der Waals surface area contributed by atoms with Gasteiger partial charge in [0.25, 0.3) is 17.3 Å². The average Bonchev–Trinajstić information content (AvgIpc) is 2.80. The number of hydrogen-bond acceptors (Lipinski definition) is 7. The molecule has 2 aromatic rings. The number of hydrogen-bond donors (Lipinski definition) is 1. The van der Waals surface area contributed by atoms with Crippen LogP contribution in [0.4, 0.5) is 16.4 Å². The number of nitrogens with zero attached hydrogens (tertiary/aromatic N) is 3. The molecule has 0 saturated heterocycles. The number of rotatable bonds is 4. The number of benzene rings is 1. The number of non-ortho nitro benzene ring substituents is 2. The fourth-order valence-electron chi connectivity index (χ4n) is 1.96. The third-order valence-corrected chi connectivity index (χ3v) is 4.43. The van der Waals surface area contributed by atoms with E-state index in [-0.39, 0.29) is 5.56 Å². The molecule has 0 fully saturated rings. The summed E-state index contributed by atoms with van der Waals surface area (Å²) in [6.45, 7) is 3.52. The van der Waals surface area contributed by atoms with E-state index in [1.807, 2.05) is 6.07 Å². The van der Waals surface area contributed by atoms with Crippen molar-refractivity contribution in [2.24, 2.45) is 0 Å². The highest BCUT2D eigenvalue weighted by atomic mass is 32.1. The van der Waals surface area contributed by atoms with E-state index in [1.54, 1.807) is 13.8 Å². The number of nitro benzene ring substituents is 2. The second kappa shape index (κ2) is 6.43. The summed E-state index contributed by atoms with van der Waals surface area (Å²) in [7, 11) is 0. The first-order valence-corrected chi connectivity index (χ1v) is 7.31. The molecule has 0 aliphatic heterocycles. The Balaban J connectivity index is 2.44. The van der Waals surface area contributed by atoms with Crippen LogP contribution >= 0.6 is 11.3 Å². The highest BCUT2D eigenvalue weighted by Crippen LogP contribution is 2.32. The molecule has 1 heterocycles. The molecule has 0 atom stereocenters. The van der Waals surface area contributed by atoms with Gasteiger partial charge >= 0.3 is 0 Å². The Labute approximate surface area is 139 Å². The smallest absolute Gasteiger partial charge is 0.277 e. The van der Waals surface area contributed by atoms with Crippen LogP contribution in [0.1, 0.15) is 26.4 Å². The molecule has 1 aromatic heterocycles. The van der Waals surface area contributed by atoms with Gasteiger partial charge in [-0.05, 0) is 19.4 Å². The molecule has 2 rings (SSSR count). The highest BCUT2D eigenvalue weighted by molar-refractivity contribution is 7.16. The third-order valence-electron chi connectivity index (χ3n) is 3.31. The Morgan fingerprint density at radius 2 is 1.71 bits per heavy atom. The minimum Gasteiger partial charge on any atom is -0.312 e.